The van der Waals surface area contributed by atoms with Crippen LogP contribution in [0.2, 0.25) is 0 Å². The van der Waals surface area contributed by atoms with Crippen LogP contribution >= 0.6 is 0 Å². The molecule has 1 N–H and O–H groups in total. The van der Waals surface area contributed by atoms with E-state index in [0.717, 1.165) is 61.2 Å². The number of carbonyl (C=O) groups is 1. The zero-order valence-electron chi connectivity index (χ0n) is 14.4. The summed E-state index contributed by atoms with van der Waals surface area (Å²) in [7, 11) is 0. The average molecular weight is 348 g/mol. The number of fused-ring (bicyclic) bond motifs is 1. The van der Waals surface area contributed by atoms with Gasteiger partial charge in [0.15, 0.2) is 0 Å². The SMILES string of the molecule is O=CC(c1cccnc1)N1CCN(c2ncnc3[nH]ccc23)CC12CC2. The highest BCUT2D eigenvalue weighted by Gasteiger charge is 2.53. The molecule has 0 bridgehead atoms. The van der Waals surface area contributed by atoms with E-state index in [1.165, 1.54) is 0 Å². The average Bonchev–Trinajstić information content (AvgIpc) is 3.27. The number of hydrogen-bond donors (Lipinski definition) is 1. The second kappa shape index (κ2) is 5.88. The van der Waals surface area contributed by atoms with Gasteiger partial charge in [-0.1, -0.05) is 6.07 Å². The molecule has 4 heterocycles. The van der Waals surface area contributed by atoms with E-state index in [4.69, 9.17) is 0 Å². The molecule has 1 spiro atoms. The molecule has 3 aromatic rings. The van der Waals surface area contributed by atoms with Crippen LogP contribution in [0, 0.1) is 0 Å². The summed E-state index contributed by atoms with van der Waals surface area (Å²) in [5, 5.41) is 1.05. The highest BCUT2D eigenvalue weighted by atomic mass is 16.1. The molecule has 0 amide bonds. The van der Waals surface area contributed by atoms with Crippen LogP contribution in [0.5, 0.6) is 0 Å². The number of nitrogens with zero attached hydrogens (tertiary/aromatic N) is 5. The fraction of sp³-hybridized carbons (Fsp3) is 0.368. The van der Waals surface area contributed by atoms with Crippen molar-refractivity contribution in [3.8, 4) is 0 Å². The lowest BCUT2D eigenvalue weighted by molar-refractivity contribution is -0.114. The van der Waals surface area contributed by atoms with Crippen molar-refractivity contribution < 1.29 is 4.79 Å². The summed E-state index contributed by atoms with van der Waals surface area (Å²) in [5.41, 5.74) is 1.88. The van der Waals surface area contributed by atoms with E-state index in [2.05, 4.69) is 29.7 Å². The summed E-state index contributed by atoms with van der Waals surface area (Å²) in [5.74, 6) is 0.978. The third-order valence-corrected chi connectivity index (χ3v) is 5.66. The number of hydrogen-bond acceptors (Lipinski definition) is 6. The summed E-state index contributed by atoms with van der Waals surface area (Å²) in [6.45, 7) is 2.55. The number of nitrogens with one attached hydrogen (secondary N) is 1. The maximum Gasteiger partial charge on any atom is 0.142 e. The molecule has 0 radical (unpaired) electrons. The van der Waals surface area contributed by atoms with Crippen LogP contribution < -0.4 is 4.90 Å². The van der Waals surface area contributed by atoms with Gasteiger partial charge < -0.3 is 14.7 Å². The zero-order valence-corrected chi connectivity index (χ0v) is 14.4. The van der Waals surface area contributed by atoms with Crippen LogP contribution in [0.1, 0.15) is 24.4 Å². The van der Waals surface area contributed by atoms with Gasteiger partial charge in [-0.25, -0.2) is 9.97 Å². The molecule has 1 saturated carbocycles. The van der Waals surface area contributed by atoms with E-state index in [1.807, 2.05) is 24.4 Å². The number of pyridine rings is 1. The molecule has 0 aromatic carbocycles. The number of aldehydes is 1. The third-order valence-electron chi connectivity index (χ3n) is 5.66. The van der Waals surface area contributed by atoms with Gasteiger partial charge >= 0.3 is 0 Å². The second-order valence-corrected chi connectivity index (χ2v) is 7.14. The summed E-state index contributed by atoms with van der Waals surface area (Å²) >= 11 is 0. The lowest BCUT2D eigenvalue weighted by atomic mass is 10.0. The van der Waals surface area contributed by atoms with Crippen LogP contribution in [0.4, 0.5) is 5.82 Å². The highest BCUT2D eigenvalue weighted by molar-refractivity contribution is 5.87. The van der Waals surface area contributed by atoms with Crippen molar-refractivity contribution in [2.24, 2.45) is 0 Å². The Morgan fingerprint density at radius 3 is 2.92 bits per heavy atom. The van der Waals surface area contributed by atoms with E-state index in [1.54, 1.807) is 18.7 Å². The maximum absolute atomic E-state index is 11.9. The minimum Gasteiger partial charge on any atom is -0.353 e. The van der Waals surface area contributed by atoms with Gasteiger partial charge in [0.2, 0.25) is 0 Å². The lowest BCUT2D eigenvalue weighted by Crippen LogP contribution is -2.56. The molecule has 7 nitrogen and oxygen atoms in total. The van der Waals surface area contributed by atoms with E-state index in [-0.39, 0.29) is 11.6 Å². The van der Waals surface area contributed by atoms with Gasteiger partial charge in [-0.05, 0) is 30.5 Å². The van der Waals surface area contributed by atoms with Gasteiger partial charge in [0.25, 0.3) is 0 Å². The summed E-state index contributed by atoms with van der Waals surface area (Å²) < 4.78 is 0. The van der Waals surface area contributed by atoms with Crippen molar-refractivity contribution in [3.63, 3.8) is 0 Å². The Kier molecular flexibility index (Phi) is 3.49. The smallest absolute Gasteiger partial charge is 0.142 e. The van der Waals surface area contributed by atoms with E-state index in [9.17, 15) is 4.79 Å². The number of aromatic nitrogens is 4. The molecule has 1 aliphatic carbocycles. The van der Waals surface area contributed by atoms with Gasteiger partial charge in [-0.2, -0.15) is 0 Å². The summed E-state index contributed by atoms with van der Waals surface area (Å²) in [4.78, 5) is 32.8. The second-order valence-electron chi connectivity index (χ2n) is 7.14. The van der Waals surface area contributed by atoms with Gasteiger partial charge in [0, 0.05) is 43.8 Å². The lowest BCUT2D eigenvalue weighted by Gasteiger charge is -2.45. The van der Waals surface area contributed by atoms with Crippen LogP contribution in [0.15, 0.2) is 43.1 Å². The minimum absolute atomic E-state index is 0.0489. The van der Waals surface area contributed by atoms with Gasteiger partial charge in [-0.15, -0.1) is 0 Å². The van der Waals surface area contributed by atoms with E-state index in [0.29, 0.717) is 0 Å². The van der Waals surface area contributed by atoms with E-state index >= 15 is 0 Å². The Labute approximate surface area is 151 Å². The van der Waals surface area contributed by atoms with Crippen LogP contribution in [-0.2, 0) is 4.79 Å². The van der Waals surface area contributed by atoms with Crippen molar-refractivity contribution in [2.45, 2.75) is 24.4 Å². The summed E-state index contributed by atoms with van der Waals surface area (Å²) in [6, 6.07) is 5.68. The predicted octanol–water partition coefficient (Wildman–Crippen LogP) is 1.95. The van der Waals surface area contributed by atoms with Crippen molar-refractivity contribution in [1.29, 1.82) is 0 Å². The minimum atomic E-state index is -0.231. The number of rotatable bonds is 4. The molecular weight excluding hydrogens is 328 g/mol. The Morgan fingerprint density at radius 2 is 2.15 bits per heavy atom. The third kappa shape index (κ3) is 2.39. The van der Waals surface area contributed by atoms with Crippen molar-refractivity contribution >= 4 is 23.1 Å². The Bertz CT molecular complexity index is 935. The number of aromatic amines is 1. The van der Waals surface area contributed by atoms with Crippen LogP contribution in [-0.4, -0.2) is 56.3 Å². The normalized spacial score (nSPS) is 20.4. The fourth-order valence-corrected chi connectivity index (χ4v) is 4.19. The van der Waals surface area contributed by atoms with Crippen molar-refractivity contribution in [2.75, 3.05) is 24.5 Å². The van der Waals surface area contributed by atoms with Crippen LogP contribution in [0.3, 0.4) is 0 Å². The molecule has 7 heteroatoms. The monoisotopic (exact) mass is 348 g/mol. The molecule has 132 valence electrons. The number of piperazine rings is 1. The fourth-order valence-electron chi connectivity index (χ4n) is 4.19. The Morgan fingerprint density at radius 1 is 1.23 bits per heavy atom. The number of carbonyl (C=O) groups excluding carboxylic acids is 1. The highest BCUT2D eigenvalue weighted by Crippen LogP contribution is 2.48. The number of H-pyrrole nitrogens is 1. The number of anilines is 1. The molecule has 2 aliphatic rings. The molecule has 1 atom stereocenters. The maximum atomic E-state index is 11.9. The van der Waals surface area contributed by atoms with Gasteiger partial charge in [0.1, 0.15) is 24.1 Å². The van der Waals surface area contributed by atoms with Gasteiger partial charge in [0.05, 0.1) is 11.4 Å². The van der Waals surface area contributed by atoms with Crippen molar-refractivity contribution in [3.05, 3.63) is 48.7 Å². The first-order valence-electron chi connectivity index (χ1n) is 8.96. The Hall–Kier alpha value is -2.80. The van der Waals surface area contributed by atoms with Crippen LogP contribution in [0.25, 0.3) is 11.0 Å². The molecule has 1 unspecified atom stereocenters. The molecule has 3 aromatic heterocycles. The first kappa shape index (κ1) is 15.5. The first-order valence-corrected chi connectivity index (χ1v) is 8.96. The largest absolute Gasteiger partial charge is 0.353 e. The quantitative estimate of drug-likeness (QED) is 0.726. The standard InChI is InChI=1S/C19H20N6O/c26-11-16(14-2-1-6-20-10-14)25-9-8-24(12-19(25)4-5-19)18-15-3-7-21-17(15)22-13-23-18/h1-3,6-7,10-11,13,16H,4-5,8-9,12H2,(H,21,22,23). The molecule has 5 rings (SSSR count). The first-order chi connectivity index (χ1) is 12.8. The molecule has 1 aliphatic heterocycles. The van der Waals surface area contributed by atoms with Crippen molar-refractivity contribution in [1.82, 2.24) is 24.8 Å². The predicted molar refractivity (Wildman–Crippen MR) is 97.8 cm³/mol. The molecule has 2 fully saturated rings. The molecular formula is C19H20N6O. The van der Waals surface area contributed by atoms with E-state index < -0.39 is 0 Å². The topological polar surface area (TPSA) is 78.0 Å². The zero-order chi connectivity index (χ0) is 17.6. The summed E-state index contributed by atoms with van der Waals surface area (Å²) in [6.07, 6.45) is 10.3. The Balaban J connectivity index is 1.44. The molecule has 1 saturated heterocycles. The van der Waals surface area contributed by atoms with Gasteiger partial charge in [-0.3, -0.25) is 9.88 Å². The molecule has 26 heavy (non-hydrogen) atoms.